The molecule has 0 atom stereocenters. The highest BCUT2D eigenvalue weighted by Crippen LogP contribution is 2.19. The minimum atomic E-state index is -0.417. The molecule has 2 aromatic heterocycles. The van der Waals surface area contributed by atoms with Crippen molar-refractivity contribution in [3.8, 4) is 0 Å². The van der Waals surface area contributed by atoms with Crippen molar-refractivity contribution in [1.29, 1.82) is 0 Å². The number of halogens is 1. The molecular formula is C14H11ClN6O. The molecule has 8 heteroatoms. The van der Waals surface area contributed by atoms with Crippen LogP contribution in [0.4, 0.5) is 0 Å². The number of hydrazone groups is 1. The van der Waals surface area contributed by atoms with Gasteiger partial charge in [-0.1, -0.05) is 11.6 Å². The SMILES string of the molecule is N/C(=N\NC(=O)c1cc2cc(Cl)ccc2[nH]1)c1cnccn1. The molecule has 0 fully saturated rings. The van der Waals surface area contributed by atoms with Crippen LogP contribution in [0.1, 0.15) is 16.2 Å². The Morgan fingerprint density at radius 2 is 2.18 bits per heavy atom. The van der Waals surface area contributed by atoms with Crippen molar-refractivity contribution in [2.24, 2.45) is 10.8 Å². The Morgan fingerprint density at radius 3 is 2.95 bits per heavy atom. The molecule has 0 unspecified atom stereocenters. The van der Waals surface area contributed by atoms with Gasteiger partial charge in [0.2, 0.25) is 0 Å². The quantitative estimate of drug-likeness (QED) is 0.388. The summed E-state index contributed by atoms with van der Waals surface area (Å²) in [6.07, 6.45) is 4.46. The molecule has 1 aromatic carbocycles. The summed E-state index contributed by atoms with van der Waals surface area (Å²) in [6.45, 7) is 0. The summed E-state index contributed by atoms with van der Waals surface area (Å²) >= 11 is 5.91. The molecule has 0 aliphatic rings. The van der Waals surface area contributed by atoms with Crippen LogP contribution in [-0.4, -0.2) is 26.7 Å². The van der Waals surface area contributed by atoms with Crippen LogP contribution in [-0.2, 0) is 0 Å². The summed E-state index contributed by atoms with van der Waals surface area (Å²) in [5, 5.41) is 5.24. The molecule has 0 bridgehead atoms. The molecule has 0 radical (unpaired) electrons. The van der Waals surface area contributed by atoms with Gasteiger partial charge in [-0.2, -0.15) is 5.10 Å². The number of aromatic nitrogens is 3. The second kappa shape index (κ2) is 5.82. The second-order valence-electron chi connectivity index (χ2n) is 4.44. The molecule has 7 nitrogen and oxygen atoms in total. The van der Waals surface area contributed by atoms with Crippen LogP contribution in [0, 0.1) is 0 Å². The molecule has 2 heterocycles. The van der Waals surface area contributed by atoms with Gasteiger partial charge in [-0.3, -0.25) is 9.78 Å². The van der Waals surface area contributed by atoms with Crippen molar-refractivity contribution in [3.05, 3.63) is 59.3 Å². The van der Waals surface area contributed by atoms with Crippen molar-refractivity contribution >= 4 is 34.2 Å². The average Bonchev–Trinajstić information content (AvgIpc) is 2.96. The van der Waals surface area contributed by atoms with E-state index < -0.39 is 5.91 Å². The molecular weight excluding hydrogens is 304 g/mol. The highest BCUT2D eigenvalue weighted by molar-refractivity contribution is 6.31. The molecule has 3 rings (SSSR count). The van der Waals surface area contributed by atoms with Gasteiger partial charge in [-0.25, -0.2) is 10.4 Å². The first-order chi connectivity index (χ1) is 10.6. The Labute approximate surface area is 130 Å². The van der Waals surface area contributed by atoms with Crippen LogP contribution in [0.5, 0.6) is 0 Å². The number of carbonyl (C=O) groups is 1. The maximum atomic E-state index is 12.1. The van der Waals surface area contributed by atoms with E-state index >= 15 is 0 Å². The fraction of sp³-hybridized carbons (Fsp3) is 0. The Balaban J connectivity index is 1.78. The molecule has 0 aliphatic heterocycles. The third-order valence-electron chi connectivity index (χ3n) is 2.93. The molecule has 3 aromatic rings. The molecule has 4 N–H and O–H groups in total. The van der Waals surface area contributed by atoms with Gasteiger partial charge < -0.3 is 10.7 Å². The smallest absolute Gasteiger partial charge is 0.287 e. The fourth-order valence-electron chi connectivity index (χ4n) is 1.89. The highest BCUT2D eigenvalue weighted by atomic mass is 35.5. The standard InChI is InChI=1S/C14H11ClN6O/c15-9-1-2-10-8(5-9)6-11(19-10)14(22)21-20-13(16)12-7-17-3-4-18-12/h1-7,19H,(H2,16,20)(H,21,22). The number of hydrogen-bond donors (Lipinski definition) is 3. The predicted octanol–water partition coefficient (Wildman–Crippen LogP) is 1.66. The van der Waals surface area contributed by atoms with E-state index in [1.165, 1.54) is 18.6 Å². The zero-order chi connectivity index (χ0) is 15.5. The summed E-state index contributed by atoms with van der Waals surface area (Å²) in [6, 6.07) is 6.99. The van der Waals surface area contributed by atoms with Gasteiger partial charge in [0.05, 0.1) is 6.20 Å². The molecule has 0 saturated heterocycles. The molecule has 0 saturated carbocycles. The first kappa shape index (κ1) is 14.0. The Hall–Kier alpha value is -2.93. The predicted molar refractivity (Wildman–Crippen MR) is 83.5 cm³/mol. The van der Waals surface area contributed by atoms with Crippen LogP contribution < -0.4 is 11.2 Å². The molecule has 1 amide bonds. The average molecular weight is 315 g/mol. The number of amidine groups is 1. The van der Waals surface area contributed by atoms with Gasteiger partial charge in [0.1, 0.15) is 11.4 Å². The van der Waals surface area contributed by atoms with E-state index in [9.17, 15) is 4.79 Å². The minimum absolute atomic E-state index is 0.0700. The number of nitrogens with zero attached hydrogens (tertiary/aromatic N) is 3. The number of nitrogens with two attached hydrogens (primary N) is 1. The lowest BCUT2D eigenvalue weighted by molar-refractivity contribution is 0.0950. The Kier molecular flexibility index (Phi) is 3.71. The number of rotatable bonds is 3. The summed E-state index contributed by atoms with van der Waals surface area (Å²) in [4.78, 5) is 22.9. The van der Waals surface area contributed by atoms with Gasteiger partial charge in [-0.05, 0) is 24.3 Å². The third kappa shape index (κ3) is 2.89. The number of hydrogen-bond acceptors (Lipinski definition) is 4. The number of amides is 1. The van der Waals surface area contributed by atoms with Crippen LogP contribution in [0.25, 0.3) is 10.9 Å². The summed E-state index contributed by atoms with van der Waals surface area (Å²) in [7, 11) is 0. The summed E-state index contributed by atoms with van der Waals surface area (Å²) < 4.78 is 0. The van der Waals surface area contributed by atoms with Gasteiger partial charge in [0, 0.05) is 28.3 Å². The largest absolute Gasteiger partial charge is 0.380 e. The number of aromatic amines is 1. The van der Waals surface area contributed by atoms with Gasteiger partial charge in [0.25, 0.3) is 5.91 Å². The number of H-pyrrole nitrogens is 1. The number of benzene rings is 1. The van der Waals surface area contributed by atoms with Crippen LogP contribution >= 0.6 is 11.6 Å². The van der Waals surface area contributed by atoms with Crippen molar-refractivity contribution in [1.82, 2.24) is 20.4 Å². The third-order valence-corrected chi connectivity index (χ3v) is 3.17. The minimum Gasteiger partial charge on any atom is -0.380 e. The lowest BCUT2D eigenvalue weighted by atomic mass is 10.2. The van der Waals surface area contributed by atoms with Gasteiger partial charge in [-0.15, -0.1) is 0 Å². The van der Waals surface area contributed by atoms with Crippen molar-refractivity contribution < 1.29 is 4.79 Å². The molecule has 110 valence electrons. The lowest BCUT2D eigenvalue weighted by Crippen LogP contribution is -2.24. The first-order valence-corrected chi connectivity index (χ1v) is 6.69. The Bertz CT molecular complexity index is 858. The summed E-state index contributed by atoms with van der Waals surface area (Å²) in [5.74, 6) is -0.347. The number of fused-ring (bicyclic) bond motifs is 1. The van der Waals surface area contributed by atoms with E-state index in [0.717, 1.165) is 10.9 Å². The molecule has 22 heavy (non-hydrogen) atoms. The van der Waals surface area contributed by atoms with Gasteiger partial charge >= 0.3 is 0 Å². The van der Waals surface area contributed by atoms with Crippen LogP contribution in [0.2, 0.25) is 5.02 Å². The van der Waals surface area contributed by atoms with E-state index in [1.807, 2.05) is 0 Å². The van der Waals surface area contributed by atoms with Crippen molar-refractivity contribution in [2.75, 3.05) is 0 Å². The van der Waals surface area contributed by atoms with Crippen molar-refractivity contribution in [3.63, 3.8) is 0 Å². The number of nitrogens with one attached hydrogen (secondary N) is 2. The topological polar surface area (TPSA) is 109 Å². The zero-order valence-electron chi connectivity index (χ0n) is 11.2. The van der Waals surface area contributed by atoms with Crippen molar-refractivity contribution in [2.45, 2.75) is 0 Å². The first-order valence-electron chi connectivity index (χ1n) is 6.31. The van der Waals surface area contributed by atoms with E-state index in [2.05, 4.69) is 25.5 Å². The summed E-state index contributed by atoms with van der Waals surface area (Å²) in [5.41, 5.74) is 9.63. The highest BCUT2D eigenvalue weighted by Gasteiger charge is 2.09. The number of carbonyl (C=O) groups excluding carboxylic acids is 1. The maximum Gasteiger partial charge on any atom is 0.287 e. The molecule has 0 spiro atoms. The van der Waals surface area contributed by atoms with E-state index in [-0.39, 0.29) is 5.84 Å². The van der Waals surface area contributed by atoms with E-state index in [4.69, 9.17) is 17.3 Å². The zero-order valence-corrected chi connectivity index (χ0v) is 12.0. The molecule has 0 aliphatic carbocycles. The fourth-order valence-corrected chi connectivity index (χ4v) is 2.07. The monoisotopic (exact) mass is 314 g/mol. The normalized spacial score (nSPS) is 11.6. The lowest BCUT2D eigenvalue weighted by Gasteiger charge is -2.00. The van der Waals surface area contributed by atoms with E-state index in [0.29, 0.717) is 16.4 Å². The maximum absolute atomic E-state index is 12.1. The Morgan fingerprint density at radius 1 is 1.32 bits per heavy atom. The van der Waals surface area contributed by atoms with Gasteiger partial charge in [0.15, 0.2) is 5.84 Å². The van der Waals surface area contributed by atoms with Crippen LogP contribution in [0.3, 0.4) is 0 Å². The van der Waals surface area contributed by atoms with E-state index in [1.54, 1.807) is 24.3 Å². The van der Waals surface area contributed by atoms with Crippen LogP contribution in [0.15, 0.2) is 48.0 Å². The second-order valence-corrected chi connectivity index (χ2v) is 4.88.